The monoisotopic (exact) mass is 356 g/mol. The summed E-state index contributed by atoms with van der Waals surface area (Å²) in [5.41, 5.74) is -0.525. The normalized spacial score (nSPS) is 11.5. The van der Waals surface area contributed by atoms with Gasteiger partial charge < -0.3 is 5.32 Å². The zero-order chi connectivity index (χ0) is 17.3. The fraction of sp³-hybridized carbons (Fsp3) is 0.0625. The zero-order valence-electron chi connectivity index (χ0n) is 11.9. The van der Waals surface area contributed by atoms with Crippen LogP contribution in [0.4, 0.5) is 32.8 Å². The Hall–Kier alpha value is -2.48. The highest BCUT2D eigenvalue weighted by Gasteiger charge is 2.31. The van der Waals surface area contributed by atoms with Crippen LogP contribution in [0.15, 0.2) is 47.8 Å². The van der Waals surface area contributed by atoms with Crippen LogP contribution in [0.2, 0.25) is 0 Å². The summed E-state index contributed by atoms with van der Waals surface area (Å²) in [5, 5.41) is 4.69. The molecule has 1 aromatic heterocycles. The van der Waals surface area contributed by atoms with Crippen molar-refractivity contribution in [2.45, 2.75) is 6.18 Å². The van der Waals surface area contributed by atoms with E-state index in [1.165, 1.54) is 29.6 Å². The van der Waals surface area contributed by atoms with E-state index in [0.29, 0.717) is 16.9 Å². The zero-order valence-corrected chi connectivity index (χ0v) is 12.7. The number of nitrogens with zero attached hydrogens (tertiary/aromatic N) is 1. The smallest absolute Gasteiger partial charge is 0.332 e. The lowest BCUT2D eigenvalue weighted by Crippen LogP contribution is -2.05. The van der Waals surface area contributed by atoms with Crippen molar-refractivity contribution in [1.82, 2.24) is 4.98 Å². The molecule has 124 valence electrons. The Bertz CT molecular complexity index is 856. The van der Waals surface area contributed by atoms with Crippen molar-refractivity contribution >= 4 is 22.2 Å². The molecular weight excluding hydrogens is 347 g/mol. The van der Waals surface area contributed by atoms with E-state index in [1.807, 2.05) is 0 Å². The van der Waals surface area contributed by atoms with Gasteiger partial charge in [-0.1, -0.05) is 0 Å². The van der Waals surface area contributed by atoms with Crippen molar-refractivity contribution in [2.24, 2.45) is 0 Å². The number of rotatable bonds is 3. The summed E-state index contributed by atoms with van der Waals surface area (Å²) in [7, 11) is 0. The predicted molar refractivity (Wildman–Crippen MR) is 82.2 cm³/mol. The summed E-state index contributed by atoms with van der Waals surface area (Å²) in [6.45, 7) is 0. The number of thiazole rings is 1. The number of aromatic nitrogens is 1. The molecule has 3 rings (SSSR count). The highest BCUT2D eigenvalue weighted by atomic mass is 32.1. The van der Waals surface area contributed by atoms with E-state index < -0.39 is 23.4 Å². The number of hydrogen-bond acceptors (Lipinski definition) is 3. The van der Waals surface area contributed by atoms with Gasteiger partial charge in [-0.25, -0.2) is 13.8 Å². The molecular formula is C16H9F5N2S. The van der Waals surface area contributed by atoms with Crippen LogP contribution in [-0.2, 0) is 6.18 Å². The van der Waals surface area contributed by atoms with E-state index in [0.717, 1.165) is 23.5 Å². The van der Waals surface area contributed by atoms with Crippen molar-refractivity contribution in [2.75, 3.05) is 5.32 Å². The molecule has 0 spiro atoms. The summed E-state index contributed by atoms with van der Waals surface area (Å²) in [5.74, 6) is -1.19. The minimum absolute atomic E-state index is 0.0909. The second kappa shape index (κ2) is 6.20. The van der Waals surface area contributed by atoms with Crippen LogP contribution < -0.4 is 5.32 Å². The van der Waals surface area contributed by atoms with Crippen molar-refractivity contribution in [1.29, 1.82) is 0 Å². The van der Waals surface area contributed by atoms with Gasteiger partial charge in [-0.2, -0.15) is 13.2 Å². The van der Waals surface area contributed by atoms with Gasteiger partial charge in [-0.05, 0) is 42.5 Å². The maximum Gasteiger partial charge on any atom is 0.416 e. The maximum absolute atomic E-state index is 13.9. The van der Waals surface area contributed by atoms with Crippen molar-refractivity contribution < 1.29 is 22.0 Å². The third kappa shape index (κ3) is 3.53. The molecule has 0 aliphatic heterocycles. The maximum atomic E-state index is 13.9. The second-order valence-electron chi connectivity index (χ2n) is 4.86. The van der Waals surface area contributed by atoms with E-state index in [9.17, 15) is 22.0 Å². The van der Waals surface area contributed by atoms with Gasteiger partial charge in [0.1, 0.15) is 11.6 Å². The fourth-order valence-corrected chi connectivity index (χ4v) is 2.74. The van der Waals surface area contributed by atoms with Crippen LogP contribution in [0.3, 0.4) is 0 Å². The highest BCUT2D eigenvalue weighted by Crippen LogP contribution is 2.34. The molecule has 1 heterocycles. The number of alkyl halides is 3. The molecule has 8 heteroatoms. The molecule has 2 aromatic carbocycles. The van der Waals surface area contributed by atoms with Crippen LogP contribution >= 0.6 is 11.3 Å². The van der Waals surface area contributed by atoms with E-state index >= 15 is 0 Å². The average Bonchev–Trinajstić information content (AvgIpc) is 2.97. The standard InChI is InChI=1S/C16H9F5N2S/c17-10-2-4-11(5-3-10)22-15-23-14(8-24-15)12-7-9(16(19,20)21)1-6-13(12)18/h1-8H,(H,22,23). The van der Waals surface area contributed by atoms with Crippen LogP contribution in [0.25, 0.3) is 11.3 Å². The predicted octanol–water partition coefficient (Wildman–Crippen LogP) is 5.85. The molecule has 0 aliphatic rings. The summed E-state index contributed by atoms with van der Waals surface area (Å²) < 4.78 is 65.0. The molecule has 24 heavy (non-hydrogen) atoms. The van der Waals surface area contributed by atoms with Gasteiger partial charge >= 0.3 is 6.18 Å². The quantitative estimate of drug-likeness (QED) is 0.596. The lowest BCUT2D eigenvalue weighted by atomic mass is 10.1. The summed E-state index contributed by atoms with van der Waals surface area (Å²) >= 11 is 1.10. The first kappa shape index (κ1) is 16.4. The third-order valence-electron chi connectivity index (χ3n) is 3.17. The number of anilines is 2. The fourth-order valence-electron chi connectivity index (χ4n) is 2.01. The van der Waals surface area contributed by atoms with Crippen LogP contribution in [0.1, 0.15) is 5.56 Å². The third-order valence-corrected chi connectivity index (χ3v) is 3.93. The Balaban J connectivity index is 1.89. The molecule has 0 radical (unpaired) electrons. The summed E-state index contributed by atoms with van der Waals surface area (Å²) in [6, 6.07) is 7.66. The average molecular weight is 356 g/mol. The van der Waals surface area contributed by atoms with Gasteiger partial charge in [0.15, 0.2) is 5.13 Å². The highest BCUT2D eigenvalue weighted by molar-refractivity contribution is 7.14. The van der Waals surface area contributed by atoms with Gasteiger partial charge in [-0.3, -0.25) is 0 Å². The lowest BCUT2D eigenvalue weighted by Gasteiger charge is -2.08. The van der Waals surface area contributed by atoms with E-state index in [1.54, 1.807) is 0 Å². The minimum Gasteiger partial charge on any atom is -0.332 e. The molecule has 3 aromatic rings. The Kier molecular flexibility index (Phi) is 4.23. The molecule has 0 atom stereocenters. The summed E-state index contributed by atoms with van der Waals surface area (Å²) in [4.78, 5) is 4.09. The molecule has 0 saturated heterocycles. The van der Waals surface area contributed by atoms with Crippen molar-refractivity contribution in [3.8, 4) is 11.3 Å². The lowest BCUT2D eigenvalue weighted by molar-refractivity contribution is -0.137. The second-order valence-corrected chi connectivity index (χ2v) is 5.72. The number of benzene rings is 2. The SMILES string of the molecule is Fc1ccc(Nc2nc(-c3cc(C(F)(F)F)ccc3F)cs2)cc1. The Morgan fingerprint density at radius 3 is 2.33 bits per heavy atom. The van der Waals surface area contributed by atoms with E-state index in [2.05, 4.69) is 10.3 Å². The number of hydrogen-bond donors (Lipinski definition) is 1. The number of nitrogens with one attached hydrogen (secondary N) is 1. The Morgan fingerprint density at radius 1 is 0.958 bits per heavy atom. The van der Waals surface area contributed by atoms with Gasteiger partial charge in [0.2, 0.25) is 0 Å². The van der Waals surface area contributed by atoms with Gasteiger partial charge in [0.05, 0.1) is 11.3 Å². The molecule has 2 nitrogen and oxygen atoms in total. The molecule has 0 amide bonds. The van der Waals surface area contributed by atoms with Crippen molar-refractivity contribution in [3.63, 3.8) is 0 Å². The van der Waals surface area contributed by atoms with E-state index in [4.69, 9.17) is 0 Å². The van der Waals surface area contributed by atoms with Crippen LogP contribution in [-0.4, -0.2) is 4.98 Å². The number of halogens is 5. The van der Waals surface area contributed by atoms with Crippen LogP contribution in [0, 0.1) is 11.6 Å². The largest absolute Gasteiger partial charge is 0.416 e. The first-order valence-corrected chi connectivity index (χ1v) is 7.56. The topological polar surface area (TPSA) is 24.9 Å². The molecule has 0 unspecified atom stereocenters. The minimum atomic E-state index is -4.56. The molecule has 1 N–H and O–H groups in total. The summed E-state index contributed by atoms with van der Waals surface area (Å²) in [6.07, 6.45) is -4.56. The molecule has 0 bridgehead atoms. The first-order chi connectivity index (χ1) is 11.3. The van der Waals surface area contributed by atoms with Gasteiger partial charge in [0.25, 0.3) is 0 Å². The van der Waals surface area contributed by atoms with E-state index in [-0.39, 0.29) is 11.3 Å². The van der Waals surface area contributed by atoms with Crippen LogP contribution in [0.5, 0.6) is 0 Å². The molecule has 0 aliphatic carbocycles. The molecule has 0 fully saturated rings. The first-order valence-electron chi connectivity index (χ1n) is 6.68. The van der Waals surface area contributed by atoms with Gasteiger partial charge in [0, 0.05) is 16.6 Å². The molecule has 0 saturated carbocycles. The van der Waals surface area contributed by atoms with Crippen molar-refractivity contribution in [3.05, 3.63) is 65.0 Å². The van der Waals surface area contributed by atoms with Gasteiger partial charge in [-0.15, -0.1) is 11.3 Å². The Labute approximate surface area is 137 Å². The Morgan fingerprint density at radius 2 is 1.67 bits per heavy atom.